The first-order chi connectivity index (χ1) is 18.5. The molecule has 0 spiro atoms. The molecule has 0 heterocycles. The van der Waals surface area contributed by atoms with Crippen LogP contribution >= 0.6 is 0 Å². The Kier molecular flexibility index (Phi) is 10.2. The lowest BCUT2D eigenvalue weighted by molar-refractivity contribution is -0.140. The van der Waals surface area contributed by atoms with E-state index in [0.717, 1.165) is 27.3 Å². The highest BCUT2D eigenvalue weighted by atomic mass is 32.2. The largest absolute Gasteiger partial charge is 0.354 e. The van der Waals surface area contributed by atoms with Crippen molar-refractivity contribution in [1.29, 1.82) is 0 Å². The maximum absolute atomic E-state index is 14.0. The highest BCUT2D eigenvalue weighted by Crippen LogP contribution is 2.23. The van der Waals surface area contributed by atoms with Crippen molar-refractivity contribution in [3.8, 4) is 0 Å². The average Bonchev–Trinajstić information content (AvgIpc) is 2.88. The summed E-state index contributed by atoms with van der Waals surface area (Å²) in [7, 11) is -3.84. The first kappa shape index (κ1) is 29.8. The van der Waals surface area contributed by atoms with E-state index in [1.54, 1.807) is 24.3 Å². The van der Waals surface area contributed by atoms with Gasteiger partial charge in [0.05, 0.1) is 11.9 Å². The van der Waals surface area contributed by atoms with Crippen LogP contribution in [0.2, 0.25) is 0 Å². The van der Waals surface area contributed by atoms with Crippen LogP contribution < -0.4 is 9.62 Å². The fraction of sp³-hybridized carbons (Fsp3) is 0.333. The number of carbonyl (C=O) groups excluding carboxylic acids is 2. The SMILES string of the molecule is CCCNC(=O)C(Cc1ccccc1)N(Cc1ccc(F)cc1)C(=O)CN(c1cc(C)cc(C)c1)S(C)(=O)=O. The maximum atomic E-state index is 14.0. The smallest absolute Gasteiger partial charge is 0.244 e. The Morgan fingerprint density at radius 3 is 2.10 bits per heavy atom. The molecule has 1 unspecified atom stereocenters. The summed E-state index contributed by atoms with van der Waals surface area (Å²) in [6, 6.07) is 19.4. The number of nitrogens with zero attached hydrogens (tertiary/aromatic N) is 2. The monoisotopic (exact) mass is 553 g/mol. The van der Waals surface area contributed by atoms with E-state index in [0.29, 0.717) is 24.2 Å². The molecule has 0 fully saturated rings. The van der Waals surface area contributed by atoms with Gasteiger partial charge in [-0.25, -0.2) is 12.8 Å². The molecule has 3 rings (SSSR count). The van der Waals surface area contributed by atoms with Gasteiger partial charge < -0.3 is 10.2 Å². The number of anilines is 1. The summed E-state index contributed by atoms with van der Waals surface area (Å²) >= 11 is 0. The first-order valence-electron chi connectivity index (χ1n) is 12.9. The van der Waals surface area contributed by atoms with E-state index in [2.05, 4.69) is 5.32 Å². The summed E-state index contributed by atoms with van der Waals surface area (Å²) in [5.74, 6) is -1.30. The molecule has 1 atom stereocenters. The van der Waals surface area contributed by atoms with Gasteiger partial charge in [0.15, 0.2) is 0 Å². The molecule has 7 nitrogen and oxygen atoms in total. The Morgan fingerprint density at radius 2 is 1.54 bits per heavy atom. The van der Waals surface area contributed by atoms with Gasteiger partial charge >= 0.3 is 0 Å². The molecule has 0 aliphatic carbocycles. The minimum absolute atomic E-state index is 0.000601. The third-order valence-corrected chi connectivity index (χ3v) is 7.40. The number of hydrogen-bond donors (Lipinski definition) is 1. The highest BCUT2D eigenvalue weighted by Gasteiger charge is 2.33. The lowest BCUT2D eigenvalue weighted by Gasteiger charge is -2.33. The predicted octanol–water partition coefficient (Wildman–Crippen LogP) is 4.37. The molecule has 39 heavy (non-hydrogen) atoms. The van der Waals surface area contributed by atoms with E-state index in [1.165, 1.54) is 17.0 Å². The van der Waals surface area contributed by atoms with Crippen molar-refractivity contribution in [1.82, 2.24) is 10.2 Å². The fourth-order valence-corrected chi connectivity index (χ4v) is 5.25. The molecule has 0 bridgehead atoms. The second-order valence-electron chi connectivity index (χ2n) is 9.76. The second-order valence-corrected chi connectivity index (χ2v) is 11.7. The van der Waals surface area contributed by atoms with Crippen LogP contribution in [0.5, 0.6) is 0 Å². The van der Waals surface area contributed by atoms with Gasteiger partial charge in [-0.15, -0.1) is 0 Å². The fourth-order valence-electron chi connectivity index (χ4n) is 4.41. The molecule has 3 aromatic rings. The van der Waals surface area contributed by atoms with Crippen LogP contribution in [0.1, 0.15) is 35.6 Å². The Morgan fingerprint density at radius 1 is 0.923 bits per heavy atom. The molecule has 0 saturated heterocycles. The molecule has 9 heteroatoms. The van der Waals surface area contributed by atoms with E-state index in [1.807, 2.05) is 57.2 Å². The Balaban J connectivity index is 2.05. The topological polar surface area (TPSA) is 86.8 Å². The van der Waals surface area contributed by atoms with E-state index in [9.17, 15) is 22.4 Å². The molecule has 3 aromatic carbocycles. The molecule has 0 aliphatic rings. The zero-order valence-corrected chi connectivity index (χ0v) is 23.7. The van der Waals surface area contributed by atoms with E-state index in [-0.39, 0.29) is 18.9 Å². The number of aryl methyl sites for hydroxylation is 2. The third-order valence-electron chi connectivity index (χ3n) is 6.26. The number of benzene rings is 3. The van der Waals surface area contributed by atoms with Gasteiger partial charge in [0.1, 0.15) is 18.4 Å². The molecule has 2 amide bonds. The standard InChI is InChI=1S/C30H36FN3O4S/c1-5-15-32-30(36)28(19-24-9-7-6-8-10-24)33(20-25-11-13-26(31)14-12-25)29(35)21-34(39(4,37)38)27-17-22(2)16-23(3)18-27/h6-14,16-18,28H,5,15,19-21H2,1-4H3,(H,32,36). The Bertz CT molecular complexity index is 1360. The maximum Gasteiger partial charge on any atom is 0.244 e. The normalized spacial score (nSPS) is 12.0. The van der Waals surface area contributed by atoms with E-state index >= 15 is 0 Å². The second kappa shape index (κ2) is 13.4. The average molecular weight is 554 g/mol. The van der Waals surface area contributed by atoms with Gasteiger partial charge in [0.2, 0.25) is 21.8 Å². The van der Waals surface area contributed by atoms with Crippen molar-refractivity contribution in [2.45, 2.75) is 46.2 Å². The van der Waals surface area contributed by atoms with Gasteiger partial charge in [-0.05, 0) is 66.8 Å². The molecule has 1 N–H and O–H groups in total. The van der Waals surface area contributed by atoms with Crippen LogP contribution in [0, 0.1) is 19.7 Å². The van der Waals surface area contributed by atoms with Crippen molar-refractivity contribution < 1.29 is 22.4 Å². The highest BCUT2D eigenvalue weighted by molar-refractivity contribution is 7.92. The molecular formula is C30H36FN3O4S. The van der Waals surface area contributed by atoms with Crippen molar-refractivity contribution in [2.24, 2.45) is 0 Å². The number of rotatable bonds is 12. The summed E-state index contributed by atoms with van der Waals surface area (Å²) in [4.78, 5) is 28.8. The van der Waals surface area contributed by atoms with Crippen molar-refractivity contribution in [3.63, 3.8) is 0 Å². The minimum atomic E-state index is -3.84. The van der Waals surface area contributed by atoms with Crippen LogP contribution in [-0.2, 0) is 32.6 Å². The van der Waals surface area contributed by atoms with Crippen LogP contribution in [-0.4, -0.2) is 50.5 Å². The Hall–Kier alpha value is -3.72. The first-order valence-corrected chi connectivity index (χ1v) is 14.7. The van der Waals surface area contributed by atoms with Crippen molar-refractivity contribution >= 4 is 27.5 Å². The molecule has 0 radical (unpaired) electrons. The summed E-state index contributed by atoms with van der Waals surface area (Å²) in [6.45, 7) is 5.58. The number of amides is 2. The lowest BCUT2D eigenvalue weighted by Crippen LogP contribution is -2.53. The number of hydrogen-bond acceptors (Lipinski definition) is 4. The molecule has 208 valence electrons. The zero-order valence-electron chi connectivity index (χ0n) is 22.9. The summed E-state index contributed by atoms with van der Waals surface area (Å²) in [5, 5.41) is 2.89. The molecule has 0 saturated carbocycles. The Labute approximate surface area is 230 Å². The summed E-state index contributed by atoms with van der Waals surface area (Å²) in [5.41, 5.74) is 3.55. The van der Waals surface area contributed by atoms with Crippen LogP contribution in [0.25, 0.3) is 0 Å². The number of nitrogens with one attached hydrogen (secondary N) is 1. The molecule has 0 aromatic heterocycles. The van der Waals surface area contributed by atoms with Crippen molar-refractivity contribution in [3.05, 3.63) is 101 Å². The van der Waals surface area contributed by atoms with Gasteiger partial charge in [0, 0.05) is 19.5 Å². The van der Waals surface area contributed by atoms with Gasteiger partial charge in [-0.1, -0.05) is 55.5 Å². The number of sulfonamides is 1. The predicted molar refractivity (Wildman–Crippen MR) is 152 cm³/mol. The molecular weight excluding hydrogens is 517 g/mol. The van der Waals surface area contributed by atoms with Crippen LogP contribution in [0.3, 0.4) is 0 Å². The summed E-state index contributed by atoms with van der Waals surface area (Å²) in [6.07, 6.45) is 1.99. The quantitative estimate of drug-likeness (QED) is 0.361. The molecule has 0 aliphatic heterocycles. The third kappa shape index (κ3) is 8.64. The van der Waals surface area contributed by atoms with Gasteiger partial charge in [-0.2, -0.15) is 0 Å². The van der Waals surface area contributed by atoms with Crippen molar-refractivity contribution in [2.75, 3.05) is 23.7 Å². The van der Waals surface area contributed by atoms with E-state index < -0.39 is 34.3 Å². The van der Waals surface area contributed by atoms with Crippen LogP contribution in [0.4, 0.5) is 10.1 Å². The van der Waals surface area contributed by atoms with Crippen LogP contribution in [0.15, 0.2) is 72.8 Å². The number of halogens is 1. The van der Waals surface area contributed by atoms with Gasteiger partial charge in [-0.3, -0.25) is 13.9 Å². The van der Waals surface area contributed by atoms with Gasteiger partial charge in [0.25, 0.3) is 0 Å². The zero-order chi connectivity index (χ0) is 28.6. The lowest BCUT2D eigenvalue weighted by atomic mass is 10.0. The minimum Gasteiger partial charge on any atom is -0.354 e. The number of carbonyl (C=O) groups is 2. The summed E-state index contributed by atoms with van der Waals surface area (Å²) < 4.78 is 40.5. The van der Waals surface area contributed by atoms with E-state index in [4.69, 9.17) is 0 Å².